The molecule has 0 aliphatic carbocycles. The van der Waals surface area contributed by atoms with Crippen molar-refractivity contribution in [1.82, 2.24) is 9.97 Å². The first-order chi connectivity index (χ1) is 15.2. The van der Waals surface area contributed by atoms with Crippen LogP contribution in [0.15, 0.2) is 36.5 Å². The van der Waals surface area contributed by atoms with Gasteiger partial charge in [-0.1, -0.05) is 11.6 Å². The number of aromatic nitrogens is 2. The topological polar surface area (TPSA) is 75.2 Å². The summed E-state index contributed by atoms with van der Waals surface area (Å²) in [5, 5.41) is 2.38. The fraction of sp³-hybridized carbons (Fsp3) is 0.182. The lowest BCUT2D eigenvalue weighted by Crippen LogP contribution is -2.40. The molecule has 2 amide bonds. The quantitative estimate of drug-likeness (QED) is 0.579. The minimum Gasteiger partial charge on any atom is -0.324 e. The van der Waals surface area contributed by atoms with Crippen LogP contribution in [-0.2, 0) is 9.59 Å². The number of rotatable bonds is 3. The number of benzene rings is 1. The van der Waals surface area contributed by atoms with Crippen molar-refractivity contribution in [3.8, 4) is 11.3 Å². The molecule has 0 saturated heterocycles. The molecule has 2 aromatic heterocycles. The normalized spacial score (nSPS) is 15.1. The van der Waals surface area contributed by atoms with E-state index in [9.17, 15) is 22.8 Å². The molecule has 0 fully saturated rings. The van der Waals surface area contributed by atoms with Crippen molar-refractivity contribution in [2.24, 2.45) is 0 Å². The molecule has 3 heterocycles. The monoisotopic (exact) mass is 460 g/mol. The van der Waals surface area contributed by atoms with Gasteiger partial charge in [0.1, 0.15) is 18.2 Å². The van der Waals surface area contributed by atoms with Crippen LogP contribution in [0.3, 0.4) is 0 Å². The molecule has 1 aliphatic rings. The fourth-order valence-electron chi connectivity index (χ4n) is 3.61. The number of nitrogens with one attached hydrogen (secondary N) is 1. The number of pyridine rings is 2. The number of carbonyl (C=O) groups is 2. The van der Waals surface area contributed by atoms with E-state index in [1.54, 1.807) is 0 Å². The van der Waals surface area contributed by atoms with Crippen LogP contribution in [0.5, 0.6) is 0 Å². The Morgan fingerprint density at radius 2 is 1.97 bits per heavy atom. The molecule has 4 rings (SSSR count). The molecule has 0 spiro atoms. The zero-order valence-electron chi connectivity index (χ0n) is 16.9. The maximum atomic E-state index is 14.9. The lowest BCUT2D eigenvalue weighted by Gasteiger charge is -2.24. The highest BCUT2D eigenvalue weighted by Gasteiger charge is 2.35. The minimum absolute atomic E-state index is 0.0786. The molecular weight excluding hydrogens is 445 g/mol. The Kier molecular flexibility index (Phi) is 5.60. The van der Waals surface area contributed by atoms with E-state index in [4.69, 9.17) is 11.6 Å². The molecule has 1 aliphatic heterocycles. The highest BCUT2D eigenvalue weighted by atomic mass is 35.5. The Labute approximate surface area is 186 Å². The Morgan fingerprint density at radius 3 is 2.69 bits per heavy atom. The van der Waals surface area contributed by atoms with E-state index in [-0.39, 0.29) is 38.9 Å². The first kappa shape index (κ1) is 21.8. The van der Waals surface area contributed by atoms with Gasteiger partial charge in [0, 0.05) is 11.4 Å². The summed E-state index contributed by atoms with van der Waals surface area (Å²) in [6, 6.07) is 6.30. The highest BCUT2D eigenvalue weighted by molar-refractivity contribution is 6.30. The van der Waals surface area contributed by atoms with Crippen LogP contribution >= 0.6 is 11.6 Å². The number of amides is 2. The van der Waals surface area contributed by atoms with E-state index >= 15 is 0 Å². The van der Waals surface area contributed by atoms with Gasteiger partial charge >= 0.3 is 0 Å². The van der Waals surface area contributed by atoms with Gasteiger partial charge in [-0.3, -0.25) is 14.6 Å². The van der Waals surface area contributed by atoms with E-state index in [2.05, 4.69) is 15.3 Å². The molecule has 3 aromatic rings. The summed E-state index contributed by atoms with van der Waals surface area (Å²) in [4.78, 5) is 34.9. The summed E-state index contributed by atoms with van der Waals surface area (Å²) < 4.78 is 42.5. The average molecular weight is 461 g/mol. The molecule has 1 atom stereocenters. The van der Waals surface area contributed by atoms with Crippen LogP contribution in [0.2, 0.25) is 5.02 Å². The largest absolute Gasteiger partial charge is 0.324 e. The van der Waals surface area contributed by atoms with Gasteiger partial charge in [-0.25, -0.2) is 13.8 Å². The van der Waals surface area contributed by atoms with Crippen molar-refractivity contribution in [3.05, 3.63) is 70.4 Å². The molecule has 6 nitrogen and oxygen atoms in total. The van der Waals surface area contributed by atoms with Crippen LogP contribution in [-0.4, -0.2) is 28.3 Å². The van der Waals surface area contributed by atoms with Gasteiger partial charge in [-0.15, -0.1) is 0 Å². The van der Waals surface area contributed by atoms with Crippen LogP contribution in [0.4, 0.5) is 24.5 Å². The summed E-state index contributed by atoms with van der Waals surface area (Å²) >= 11 is 5.65. The van der Waals surface area contributed by atoms with E-state index in [0.29, 0.717) is 0 Å². The smallest absolute Gasteiger partial charge is 0.244 e. The van der Waals surface area contributed by atoms with Crippen LogP contribution in [0, 0.1) is 24.5 Å². The van der Waals surface area contributed by atoms with Crippen molar-refractivity contribution >= 4 is 34.8 Å². The minimum atomic E-state index is -0.916. The molecule has 1 aromatic carbocycles. The van der Waals surface area contributed by atoms with Crippen LogP contribution in [0.1, 0.15) is 24.1 Å². The van der Waals surface area contributed by atoms with Crippen molar-refractivity contribution in [1.29, 1.82) is 0 Å². The van der Waals surface area contributed by atoms with E-state index in [1.165, 1.54) is 32.0 Å². The van der Waals surface area contributed by atoms with Crippen LogP contribution in [0.25, 0.3) is 11.3 Å². The van der Waals surface area contributed by atoms with Gasteiger partial charge in [0.25, 0.3) is 0 Å². The Morgan fingerprint density at radius 1 is 1.22 bits per heavy atom. The van der Waals surface area contributed by atoms with Gasteiger partial charge in [-0.2, -0.15) is 4.39 Å². The number of halogens is 4. The van der Waals surface area contributed by atoms with Crippen molar-refractivity contribution < 1.29 is 22.8 Å². The molecule has 0 saturated carbocycles. The lowest BCUT2D eigenvalue weighted by molar-refractivity contribution is -0.122. The maximum Gasteiger partial charge on any atom is 0.244 e. The first-order valence-corrected chi connectivity index (χ1v) is 9.92. The number of hydrogen-bond acceptors (Lipinski definition) is 4. The summed E-state index contributed by atoms with van der Waals surface area (Å²) in [6.07, 6.45) is 0.927. The molecule has 10 heteroatoms. The number of fused-ring (bicyclic) bond motifs is 3. The number of nitrogens with zero attached hydrogens (tertiary/aromatic N) is 3. The van der Waals surface area contributed by atoms with Crippen molar-refractivity contribution in [2.75, 3.05) is 16.8 Å². The molecule has 32 heavy (non-hydrogen) atoms. The summed E-state index contributed by atoms with van der Waals surface area (Å²) in [5.74, 6) is -4.42. The zero-order valence-corrected chi connectivity index (χ0v) is 17.7. The Hall–Kier alpha value is -3.46. The maximum absolute atomic E-state index is 14.9. The van der Waals surface area contributed by atoms with Gasteiger partial charge in [0.05, 0.1) is 34.1 Å². The van der Waals surface area contributed by atoms with Gasteiger partial charge < -0.3 is 10.2 Å². The molecule has 0 radical (unpaired) electrons. The van der Waals surface area contributed by atoms with Gasteiger partial charge in [0.2, 0.25) is 17.8 Å². The fourth-order valence-corrected chi connectivity index (χ4v) is 3.73. The second-order valence-corrected chi connectivity index (χ2v) is 7.77. The summed E-state index contributed by atoms with van der Waals surface area (Å²) in [5.41, 5.74) is 0.656. The molecule has 1 N–H and O–H groups in total. The van der Waals surface area contributed by atoms with E-state index < -0.39 is 41.9 Å². The highest BCUT2D eigenvalue weighted by Crippen LogP contribution is 2.41. The molecule has 1 unspecified atom stereocenters. The first-order valence-electron chi connectivity index (χ1n) is 9.55. The second-order valence-electron chi connectivity index (χ2n) is 7.36. The van der Waals surface area contributed by atoms with Crippen molar-refractivity contribution in [2.45, 2.75) is 19.8 Å². The third kappa shape index (κ3) is 3.91. The van der Waals surface area contributed by atoms with E-state index in [0.717, 1.165) is 23.2 Å². The number of aryl methyl sites for hydroxylation is 1. The predicted octanol–water partition coefficient (Wildman–Crippen LogP) is 4.61. The summed E-state index contributed by atoms with van der Waals surface area (Å²) in [6.45, 7) is 2.56. The van der Waals surface area contributed by atoms with Crippen LogP contribution < -0.4 is 10.2 Å². The summed E-state index contributed by atoms with van der Waals surface area (Å²) in [7, 11) is 0. The molecular formula is C22H16ClF3N4O2. The zero-order chi connectivity index (χ0) is 23.2. The Balaban J connectivity index is 1.77. The van der Waals surface area contributed by atoms with Crippen molar-refractivity contribution in [3.63, 3.8) is 0 Å². The SMILES string of the molecule is Cc1cc2c(c(F)n1)-c1ncc(F)cc1C(C)C(=O)N2CC(=O)Nc1ccc(Cl)c(F)c1. The third-order valence-corrected chi connectivity index (χ3v) is 5.41. The van der Waals surface area contributed by atoms with E-state index in [1.807, 2.05) is 0 Å². The van der Waals surface area contributed by atoms with Gasteiger partial charge in [0.15, 0.2) is 0 Å². The second kappa shape index (κ2) is 8.23. The lowest BCUT2D eigenvalue weighted by atomic mass is 9.97. The number of anilines is 2. The molecule has 164 valence electrons. The predicted molar refractivity (Wildman–Crippen MR) is 113 cm³/mol. The Bertz CT molecular complexity index is 1270. The van der Waals surface area contributed by atoms with Gasteiger partial charge in [-0.05, 0) is 49.7 Å². The third-order valence-electron chi connectivity index (χ3n) is 5.10. The number of carbonyl (C=O) groups excluding carboxylic acids is 2. The average Bonchev–Trinajstić information content (AvgIpc) is 2.80. The number of hydrogen-bond donors (Lipinski definition) is 1. The standard InChI is InChI=1S/C22H16ClF3N4O2/c1-10-5-17-19(21(26)28-10)20-14(6-12(24)8-27-20)11(2)22(32)30(17)9-18(31)29-13-3-4-15(23)16(25)7-13/h3-8,11H,9H2,1-2H3,(H,29,31). The molecule has 0 bridgehead atoms.